The van der Waals surface area contributed by atoms with Crippen LogP contribution in [0.3, 0.4) is 0 Å². The normalized spacial score (nSPS) is 11.9. The second kappa shape index (κ2) is 6.00. The van der Waals surface area contributed by atoms with Gasteiger partial charge in [0.15, 0.2) is 0 Å². The topological polar surface area (TPSA) is 87.7 Å². The number of aromatic nitrogens is 3. The molecule has 0 saturated heterocycles. The first-order chi connectivity index (χ1) is 8.99. The van der Waals surface area contributed by atoms with Crippen LogP contribution in [0.1, 0.15) is 17.8 Å². The summed E-state index contributed by atoms with van der Waals surface area (Å²) in [5.74, 6) is 0.745. The van der Waals surface area contributed by atoms with Gasteiger partial charge in [0.05, 0.1) is 4.34 Å². The Morgan fingerprint density at radius 1 is 1.53 bits per heavy atom. The molecule has 0 fully saturated rings. The van der Waals surface area contributed by atoms with Crippen LogP contribution in [-0.2, 0) is 16.4 Å². The van der Waals surface area contributed by atoms with E-state index in [0.717, 1.165) is 22.7 Å². The lowest BCUT2D eigenvalue weighted by Crippen LogP contribution is -2.24. The van der Waals surface area contributed by atoms with Crippen LogP contribution in [0.4, 0.5) is 0 Å². The van der Waals surface area contributed by atoms with Gasteiger partial charge >= 0.3 is 0 Å². The van der Waals surface area contributed by atoms with Crippen molar-refractivity contribution in [3.05, 3.63) is 28.1 Å². The minimum Gasteiger partial charge on any atom is -0.263 e. The van der Waals surface area contributed by atoms with Gasteiger partial charge in [-0.15, -0.1) is 11.3 Å². The van der Waals surface area contributed by atoms with Gasteiger partial charge < -0.3 is 0 Å². The molecule has 2 rings (SSSR count). The van der Waals surface area contributed by atoms with E-state index in [0.29, 0.717) is 23.7 Å². The lowest BCUT2D eigenvalue weighted by molar-refractivity contribution is 0.580. The van der Waals surface area contributed by atoms with Crippen LogP contribution in [0.5, 0.6) is 0 Å². The van der Waals surface area contributed by atoms with E-state index in [1.165, 1.54) is 6.33 Å². The maximum atomic E-state index is 12.0. The molecule has 6 nitrogen and oxygen atoms in total. The summed E-state index contributed by atoms with van der Waals surface area (Å²) >= 11 is 6.93. The van der Waals surface area contributed by atoms with E-state index in [-0.39, 0.29) is 4.21 Å². The van der Waals surface area contributed by atoms with Crippen molar-refractivity contribution in [3.8, 4) is 0 Å². The van der Waals surface area contributed by atoms with Gasteiger partial charge in [0, 0.05) is 13.0 Å². The maximum Gasteiger partial charge on any atom is 0.250 e. The Balaban J connectivity index is 1.87. The molecule has 2 aromatic heterocycles. The largest absolute Gasteiger partial charge is 0.263 e. The third-order valence-corrected chi connectivity index (χ3v) is 5.94. The quantitative estimate of drug-likeness (QED) is 0.794. The molecule has 0 aliphatic rings. The highest BCUT2D eigenvalue weighted by Crippen LogP contribution is 2.29. The number of halogens is 1. The van der Waals surface area contributed by atoms with E-state index in [2.05, 4.69) is 19.9 Å². The van der Waals surface area contributed by atoms with Gasteiger partial charge in [-0.3, -0.25) is 5.10 Å². The summed E-state index contributed by atoms with van der Waals surface area (Å²) in [4.78, 5) is 3.96. The van der Waals surface area contributed by atoms with E-state index >= 15 is 0 Å². The number of sulfonamides is 1. The van der Waals surface area contributed by atoms with Crippen LogP contribution in [0, 0.1) is 6.92 Å². The fourth-order valence-corrected chi connectivity index (χ4v) is 4.28. The Bertz CT molecular complexity index is 617. The van der Waals surface area contributed by atoms with Crippen molar-refractivity contribution in [1.29, 1.82) is 0 Å². The van der Waals surface area contributed by atoms with Gasteiger partial charge in [0.1, 0.15) is 16.4 Å². The highest BCUT2D eigenvalue weighted by Gasteiger charge is 2.17. The lowest BCUT2D eigenvalue weighted by Gasteiger charge is -2.03. The second-order valence-electron chi connectivity index (χ2n) is 3.96. The van der Waals surface area contributed by atoms with Gasteiger partial charge in [-0.25, -0.2) is 18.1 Å². The fourth-order valence-electron chi connectivity index (χ4n) is 1.45. The minimum absolute atomic E-state index is 0.245. The second-order valence-corrected chi connectivity index (χ2v) is 7.60. The molecular formula is C10H13ClN4O2S2. The van der Waals surface area contributed by atoms with Crippen LogP contribution in [0.15, 0.2) is 16.6 Å². The average Bonchev–Trinajstić information content (AvgIpc) is 2.96. The van der Waals surface area contributed by atoms with Crippen LogP contribution >= 0.6 is 22.9 Å². The molecule has 0 saturated carbocycles. The third kappa shape index (κ3) is 3.75. The zero-order valence-electron chi connectivity index (χ0n) is 10.2. The van der Waals surface area contributed by atoms with Crippen molar-refractivity contribution in [2.45, 2.75) is 24.0 Å². The minimum atomic E-state index is -3.47. The molecule has 0 bridgehead atoms. The molecule has 2 heterocycles. The lowest BCUT2D eigenvalue weighted by atomic mass is 10.3. The zero-order valence-corrected chi connectivity index (χ0v) is 12.6. The van der Waals surface area contributed by atoms with Crippen molar-refractivity contribution < 1.29 is 8.42 Å². The Hall–Kier alpha value is -0.960. The number of thiophene rings is 1. The van der Waals surface area contributed by atoms with E-state index in [1.807, 2.05) is 0 Å². The summed E-state index contributed by atoms with van der Waals surface area (Å²) < 4.78 is 27.2. The molecule has 0 spiro atoms. The summed E-state index contributed by atoms with van der Waals surface area (Å²) in [7, 11) is -3.47. The van der Waals surface area contributed by atoms with Crippen LogP contribution in [-0.4, -0.2) is 30.1 Å². The first-order valence-electron chi connectivity index (χ1n) is 5.59. The maximum absolute atomic E-state index is 12.0. The zero-order chi connectivity index (χ0) is 13.9. The fraction of sp³-hybridized carbons (Fsp3) is 0.400. The Morgan fingerprint density at radius 3 is 2.89 bits per heavy atom. The molecule has 0 aromatic carbocycles. The molecule has 0 aliphatic heterocycles. The van der Waals surface area contributed by atoms with Crippen LogP contribution in [0.25, 0.3) is 0 Å². The highest BCUT2D eigenvalue weighted by molar-refractivity contribution is 7.91. The number of hydrogen-bond acceptors (Lipinski definition) is 5. The number of hydrogen-bond donors (Lipinski definition) is 2. The highest BCUT2D eigenvalue weighted by atomic mass is 35.5. The van der Waals surface area contributed by atoms with Crippen molar-refractivity contribution >= 4 is 33.0 Å². The number of aryl methyl sites for hydroxylation is 2. The molecule has 2 N–H and O–H groups in total. The molecule has 0 radical (unpaired) electrons. The molecular weight excluding hydrogens is 308 g/mol. The smallest absolute Gasteiger partial charge is 0.250 e. The van der Waals surface area contributed by atoms with Gasteiger partial charge in [0.25, 0.3) is 0 Å². The van der Waals surface area contributed by atoms with E-state index < -0.39 is 10.0 Å². The van der Waals surface area contributed by atoms with Gasteiger partial charge in [0.2, 0.25) is 10.0 Å². The van der Waals surface area contributed by atoms with Crippen LogP contribution < -0.4 is 4.72 Å². The van der Waals surface area contributed by atoms with Gasteiger partial charge in [-0.2, -0.15) is 5.10 Å². The summed E-state index contributed by atoms with van der Waals surface area (Å²) in [6.45, 7) is 2.12. The number of nitrogens with zero attached hydrogens (tertiary/aromatic N) is 2. The molecule has 0 unspecified atom stereocenters. The molecule has 0 amide bonds. The van der Waals surface area contributed by atoms with Crippen molar-refractivity contribution in [2.24, 2.45) is 0 Å². The standard InChI is InChI=1S/C10H13ClN4O2S2/c1-7-5-9(18-10(7)11)19(16,17)14-4-2-3-8-12-6-13-15-8/h5-6,14H,2-4H2,1H3,(H,12,13,15). The molecule has 2 aromatic rings. The molecule has 0 atom stereocenters. The molecule has 0 aliphatic carbocycles. The first kappa shape index (κ1) is 14.4. The monoisotopic (exact) mass is 320 g/mol. The summed E-state index contributed by atoms with van der Waals surface area (Å²) in [5, 5.41) is 6.45. The van der Waals surface area contributed by atoms with Crippen molar-refractivity contribution in [2.75, 3.05) is 6.54 Å². The van der Waals surface area contributed by atoms with E-state index in [4.69, 9.17) is 11.6 Å². The first-order valence-corrected chi connectivity index (χ1v) is 8.26. The molecule has 19 heavy (non-hydrogen) atoms. The van der Waals surface area contributed by atoms with Gasteiger partial charge in [-0.05, 0) is 25.0 Å². The summed E-state index contributed by atoms with van der Waals surface area (Å²) in [6, 6.07) is 1.58. The van der Waals surface area contributed by atoms with Gasteiger partial charge in [-0.1, -0.05) is 11.6 Å². The summed E-state index contributed by atoms with van der Waals surface area (Å²) in [6.07, 6.45) is 2.72. The molecule has 104 valence electrons. The predicted octanol–water partition coefficient (Wildman–Crippen LogP) is 1.74. The SMILES string of the molecule is Cc1cc(S(=O)(=O)NCCCc2ncn[nH]2)sc1Cl. The average molecular weight is 321 g/mol. The number of nitrogens with one attached hydrogen (secondary N) is 2. The van der Waals surface area contributed by atoms with Crippen molar-refractivity contribution in [3.63, 3.8) is 0 Å². The Morgan fingerprint density at radius 2 is 2.32 bits per heavy atom. The van der Waals surface area contributed by atoms with Crippen LogP contribution in [0.2, 0.25) is 4.34 Å². The van der Waals surface area contributed by atoms with Crippen molar-refractivity contribution in [1.82, 2.24) is 19.9 Å². The van der Waals surface area contributed by atoms with E-state index in [1.54, 1.807) is 13.0 Å². The Kier molecular flexibility index (Phi) is 4.56. The predicted molar refractivity (Wildman–Crippen MR) is 74.0 cm³/mol. The number of H-pyrrole nitrogens is 1. The van der Waals surface area contributed by atoms with E-state index in [9.17, 15) is 8.42 Å². The third-order valence-electron chi connectivity index (χ3n) is 2.45. The number of aromatic amines is 1. The summed E-state index contributed by atoms with van der Waals surface area (Å²) in [5.41, 5.74) is 0.772. The number of rotatable bonds is 6. The molecule has 9 heteroatoms. The Labute approximate surface area is 120 Å².